The molecule has 0 fully saturated rings. The van der Waals surface area contributed by atoms with Crippen LogP contribution in [0.1, 0.15) is 27.0 Å². The first kappa shape index (κ1) is 15.3. The van der Waals surface area contributed by atoms with Crippen molar-refractivity contribution >= 4 is 37.6 Å². The Morgan fingerprint density at radius 3 is 2.45 bits per heavy atom. The van der Waals surface area contributed by atoms with Crippen LogP contribution in [0.25, 0.3) is 0 Å². The van der Waals surface area contributed by atoms with Crippen LogP contribution in [0.5, 0.6) is 5.75 Å². The summed E-state index contributed by atoms with van der Waals surface area (Å²) in [6.45, 7) is 0. The minimum atomic E-state index is 0.0256. The third-order valence-corrected chi connectivity index (χ3v) is 4.28. The molecule has 0 aromatic heterocycles. The second-order valence-corrected chi connectivity index (χ2v) is 5.44. The van der Waals surface area contributed by atoms with Crippen LogP contribution in [-0.4, -0.2) is 12.9 Å². The first-order chi connectivity index (χ1) is 9.69. The Bertz CT molecular complexity index is 624. The van der Waals surface area contributed by atoms with Gasteiger partial charge in [-0.05, 0) is 29.8 Å². The van der Waals surface area contributed by atoms with Crippen LogP contribution >= 0.6 is 31.9 Å². The van der Waals surface area contributed by atoms with Gasteiger partial charge in [-0.25, -0.2) is 0 Å². The molecular formula is C16H14Br2O2. The zero-order chi connectivity index (χ0) is 14.5. The first-order valence-corrected chi connectivity index (χ1v) is 8.36. The van der Waals surface area contributed by atoms with Gasteiger partial charge in [0.1, 0.15) is 5.75 Å². The van der Waals surface area contributed by atoms with Crippen molar-refractivity contribution in [1.82, 2.24) is 0 Å². The molecule has 2 rings (SSSR count). The first-order valence-electron chi connectivity index (χ1n) is 6.12. The molecule has 2 nitrogen and oxygen atoms in total. The number of rotatable bonds is 5. The molecule has 0 saturated heterocycles. The maximum absolute atomic E-state index is 12.5. The fourth-order valence-electron chi connectivity index (χ4n) is 1.99. The highest BCUT2D eigenvalue weighted by atomic mass is 79.9. The van der Waals surface area contributed by atoms with Gasteiger partial charge in [0.15, 0.2) is 5.78 Å². The predicted molar refractivity (Wildman–Crippen MR) is 88.1 cm³/mol. The number of hydrogen-bond donors (Lipinski definition) is 0. The highest BCUT2D eigenvalue weighted by molar-refractivity contribution is 9.08. The van der Waals surface area contributed by atoms with E-state index in [2.05, 4.69) is 31.9 Å². The fraction of sp³-hybridized carbons (Fsp3) is 0.188. The molecule has 0 bridgehead atoms. The van der Waals surface area contributed by atoms with Crippen LogP contribution in [-0.2, 0) is 10.7 Å². The van der Waals surface area contributed by atoms with Crippen LogP contribution < -0.4 is 4.74 Å². The zero-order valence-electron chi connectivity index (χ0n) is 11.0. The Morgan fingerprint density at radius 2 is 1.80 bits per heavy atom. The summed E-state index contributed by atoms with van der Waals surface area (Å²) >= 11 is 6.82. The highest BCUT2D eigenvalue weighted by Crippen LogP contribution is 2.24. The molecule has 0 aliphatic carbocycles. The minimum Gasteiger partial charge on any atom is -0.496 e. The maximum Gasteiger partial charge on any atom is 0.193 e. The van der Waals surface area contributed by atoms with Gasteiger partial charge in [-0.2, -0.15) is 0 Å². The standard InChI is InChI=1S/C16H14Br2O2/c1-20-15-6-5-13(8-14(15)10-18)16(19)12-4-2-3-11(7-12)9-17/h2-8H,9-10H2,1H3. The molecule has 0 aliphatic rings. The van der Waals surface area contributed by atoms with Crippen LogP contribution in [0.2, 0.25) is 0 Å². The van der Waals surface area contributed by atoms with E-state index in [-0.39, 0.29) is 5.78 Å². The Kier molecular flexibility index (Phi) is 5.38. The van der Waals surface area contributed by atoms with E-state index >= 15 is 0 Å². The molecule has 20 heavy (non-hydrogen) atoms. The number of hydrogen-bond acceptors (Lipinski definition) is 2. The molecule has 104 valence electrons. The van der Waals surface area contributed by atoms with Crippen LogP contribution in [0.3, 0.4) is 0 Å². The molecular weight excluding hydrogens is 384 g/mol. The molecule has 0 spiro atoms. The molecule has 0 atom stereocenters. The van der Waals surface area contributed by atoms with E-state index in [0.717, 1.165) is 22.2 Å². The monoisotopic (exact) mass is 396 g/mol. The maximum atomic E-state index is 12.5. The van der Waals surface area contributed by atoms with E-state index in [4.69, 9.17) is 4.74 Å². The number of alkyl halides is 2. The van der Waals surface area contributed by atoms with Gasteiger partial charge >= 0.3 is 0 Å². The highest BCUT2D eigenvalue weighted by Gasteiger charge is 2.12. The second-order valence-electron chi connectivity index (χ2n) is 4.32. The van der Waals surface area contributed by atoms with Gasteiger partial charge in [0, 0.05) is 27.4 Å². The molecule has 0 saturated carbocycles. The van der Waals surface area contributed by atoms with Gasteiger partial charge in [-0.15, -0.1) is 0 Å². The predicted octanol–water partition coefficient (Wildman–Crippen LogP) is 4.72. The van der Waals surface area contributed by atoms with Gasteiger partial charge in [-0.3, -0.25) is 4.79 Å². The van der Waals surface area contributed by atoms with Gasteiger partial charge in [0.25, 0.3) is 0 Å². The third-order valence-electron chi connectivity index (χ3n) is 3.03. The third kappa shape index (κ3) is 3.30. The summed E-state index contributed by atoms with van der Waals surface area (Å²) in [6.07, 6.45) is 0. The molecule has 0 N–H and O–H groups in total. The molecule has 0 radical (unpaired) electrons. The largest absolute Gasteiger partial charge is 0.496 e. The Balaban J connectivity index is 2.37. The average Bonchev–Trinajstić information content (AvgIpc) is 2.53. The summed E-state index contributed by atoms with van der Waals surface area (Å²) in [5.41, 5.74) is 3.43. The second kappa shape index (κ2) is 7.04. The van der Waals surface area contributed by atoms with Crippen molar-refractivity contribution in [2.24, 2.45) is 0 Å². The smallest absolute Gasteiger partial charge is 0.193 e. The van der Waals surface area contributed by atoms with Crippen molar-refractivity contribution in [1.29, 1.82) is 0 Å². The van der Waals surface area contributed by atoms with Crippen molar-refractivity contribution in [3.05, 3.63) is 64.7 Å². The van der Waals surface area contributed by atoms with Crippen molar-refractivity contribution < 1.29 is 9.53 Å². The molecule has 0 unspecified atom stereocenters. The molecule has 0 amide bonds. The van der Waals surface area contributed by atoms with E-state index in [1.165, 1.54) is 0 Å². The summed E-state index contributed by atoms with van der Waals surface area (Å²) in [5.74, 6) is 0.810. The summed E-state index contributed by atoms with van der Waals surface area (Å²) < 4.78 is 5.27. The van der Waals surface area contributed by atoms with E-state index < -0.39 is 0 Å². The quantitative estimate of drug-likeness (QED) is 0.539. The fourth-order valence-corrected chi connectivity index (χ4v) is 2.77. The molecule has 4 heteroatoms. The average molecular weight is 398 g/mol. The van der Waals surface area contributed by atoms with E-state index in [1.807, 2.05) is 36.4 Å². The number of halogens is 2. The summed E-state index contributed by atoms with van der Waals surface area (Å²) in [5, 5.41) is 1.39. The molecule has 2 aromatic rings. The lowest BCUT2D eigenvalue weighted by atomic mass is 10.00. The molecule has 0 heterocycles. The number of carbonyl (C=O) groups excluding carboxylic acids is 1. The van der Waals surface area contributed by atoms with Crippen molar-refractivity contribution in [2.45, 2.75) is 10.7 Å². The minimum absolute atomic E-state index is 0.0256. The lowest BCUT2D eigenvalue weighted by Gasteiger charge is -2.09. The number of methoxy groups -OCH3 is 1. The Morgan fingerprint density at radius 1 is 1.05 bits per heavy atom. The van der Waals surface area contributed by atoms with Crippen LogP contribution in [0.4, 0.5) is 0 Å². The van der Waals surface area contributed by atoms with E-state index in [0.29, 0.717) is 16.5 Å². The summed E-state index contributed by atoms with van der Waals surface area (Å²) in [6, 6.07) is 13.1. The van der Waals surface area contributed by atoms with Crippen molar-refractivity contribution in [3.63, 3.8) is 0 Å². The van der Waals surface area contributed by atoms with Crippen molar-refractivity contribution in [2.75, 3.05) is 7.11 Å². The van der Waals surface area contributed by atoms with Gasteiger partial charge in [-0.1, -0.05) is 50.1 Å². The number of benzene rings is 2. The molecule has 0 aliphatic heterocycles. The Hall–Kier alpha value is -1.13. The SMILES string of the molecule is COc1ccc(C(=O)c2cccc(CBr)c2)cc1CBr. The van der Waals surface area contributed by atoms with Crippen molar-refractivity contribution in [3.8, 4) is 5.75 Å². The lowest BCUT2D eigenvalue weighted by Crippen LogP contribution is -2.03. The number of ketones is 1. The van der Waals surface area contributed by atoms with Crippen LogP contribution in [0.15, 0.2) is 42.5 Å². The van der Waals surface area contributed by atoms with E-state index in [1.54, 1.807) is 13.2 Å². The van der Waals surface area contributed by atoms with E-state index in [9.17, 15) is 4.79 Å². The van der Waals surface area contributed by atoms with Gasteiger partial charge in [0.05, 0.1) is 7.11 Å². The lowest BCUT2D eigenvalue weighted by molar-refractivity contribution is 0.103. The summed E-state index contributed by atoms with van der Waals surface area (Å²) in [7, 11) is 1.63. The zero-order valence-corrected chi connectivity index (χ0v) is 14.2. The number of ether oxygens (including phenoxy) is 1. The molecule has 2 aromatic carbocycles. The normalized spacial score (nSPS) is 10.3. The Labute approximate surface area is 135 Å². The summed E-state index contributed by atoms with van der Waals surface area (Å²) in [4.78, 5) is 12.5. The van der Waals surface area contributed by atoms with Gasteiger partial charge in [0.2, 0.25) is 0 Å². The number of carbonyl (C=O) groups is 1. The topological polar surface area (TPSA) is 26.3 Å². The van der Waals surface area contributed by atoms with Crippen LogP contribution in [0, 0.1) is 0 Å². The van der Waals surface area contributed by atoms with Gasteiger partial charge < -0.3 is 4.74 Å².